The van der Waals surface area contributed by atoms with Gasteiger partial charge in [0.2, 0.25) is 5.91 Å². The predicted molar refractivity (Wildman–Crippen MR) is 106 cm³/mol. The second-order valence-electron chi connectivity index (χ2n) is 6.44. The van der Waals surface area contributed by atoms with Crippen molar-refractivity contribution in [3.63, 3.8) is 0 Å². The predicted octanol–water partition coefficient (Wildman–Crippen LogP) is 3.43. The number of piperidine rings is 1. The number of pyridine rings is 1. The van der Waals surface area contributed by atoms with Gasteiger partial charge in [-0.3, -0.25) is 14.3 Å². The minimum absolute atomic E-state index is 0.174. The molecule has 0 aliphatic carbocycles. The number of nitrogens with zero attached hydrogens (tertiary/aromatic N) is 5. The summed E-state index contributed by atoms with van der Waals surface area (Å²) in [5, 5.41) is 9.48. The monoisotopic (exact) mass is 379 g/mol. The fourth-order valence-corrected chi connectivity index (χ4v) is 4.08. The third-order valence-electron chi connectivity index (χ3n) is 4.62. The maximum Gasteiger partial charge on any atom is 0.233 e. The molecule has 0 bridgehead atoms. The maximum absolute atomic E-state index is 12.5. The Hall–Kier alpha value is -2.67. The smallest absolute Gasteiger partial charge is 0.233 e. The zero-order chi connectivity index (χ0) is 18.5. The first-order chi connectivity index (χ1) is 13.3. The molecule has 138 valence electrons. The van der Waals surface area contributed by atoms with E-state index in [1.807, 2.05) is 51.9 Å². The van der Waals surface area contributed by atoms with Gasteiger partial charge in [-0.05, 0) is 43.5 Å². The van der Waals surface area contributed by atoms with E-state index in [9.17, 15) is 4.79 Å². The molecule has 0 radical (unpaired) electrons. The lowest BCUT2D eigenvalue weighted by atomic mass is 10.1. The third kappa shape index (κ3) is 4.03. The average molecular weight is 379 g/mol. The van der Waals surface area contributed by atoms with Gasteiger partial charge in [-0.1, -0.05) is 30.0 Å². The second-order valence-corrected chi connectivity index (χ2v) is 7.39. The highest BCUT2D eigenvalue weighted by atomic mass is 32.2. The summed E-state index contributed by atoms with van der Waals surface area (Å²) in [6, 6.07) is 13.8. The van der Waals surface area contributed by atoms with Gasteiger partial charge >= 0.3 is 0 Å². The van der Waals surface area contributed by atoms with Crippen LogP contribution in [-0.2, 0) is 4.79 Å². The lowest BCUT2D eigenvalue weighted by Crippen LogP contribution is -2.36. The normalized spacial score (nSPS) is 14.3. The summed E-state index contributed by atoms with van der Waals surface area (Å²) in [6.07, 6.45) is 6.90. The first-order valence-electron chi connectivity index (χ1n) is 9.15. The number of thioether (sulfide) groups is 1. The molecular formula is C20H21N5OS. The molecule has 1 amide bonds. The Labute approximate surface area is 162 Å². The fraction of sp³-hybridized carbons (Fsp3) is 0.300. The summed E-state index contributed by atoms with van der Waals surface area (Å²) in [5.74, 6) is 1.30. The molecule has 0 unspecified atom stereocenters. The van der Waals surface area contributed by atoms with Gasteiger partial charge in [0.1, 0.15) is 0 Å². The molecule has 1 fully saturated rings. The summed E-state index contributed by atoms with van der Waals surface area (Å²) < 4.78 is 2.00. The lowest BCUT2D eigenvalue weighted by molar-refractivity contribution is -0.129. The standard InChI is InChI=1S/C20H21N5OS/c26-18(24-13-5-2-6-14-24)15-27-20-23-22-19(16-9-11-21-12-10-16)25(20)17-7-3-1-4-8-17/h1,3-4,7-12H,2,5-6,13-15H2. The number of carbonyl (C=O) groups excluding carboxylic acids is 1. The first-order valence-corrected chi connectivity index (χ1v) is 10.1. The third-order valence-corrected chi connectivity index (χ3v) is 5.53. The average Bonchev–Trinajstić information content (AvgIpc) is 3.18. The molecule has 4 rings (SSSR count). The van der Waals surface area contributed by atoms with E-state index in [2.05, 4.69) is 15.2 Å². The van der Waals surface area contributed by atoms with E-state index in [-0.39, 0.29) is 5.91 Å². The number of hydrogen-bond acceptors (Lipinski definition) is 5. The van der Waals surface area contributed by atoms with Crippen molar-refractivity contribution in [1.82, 2.24) is 24.6 Å². The Morgan fingerprint density at radius 3 is 2.44 bits per heavy atom. The van der Waals surface area contributed by atoms with Crippen LogP contribution in [-0.4, -0.2) is 49.4 Å². The molecule has 0 spiro atoms. The number of likely N-dealkylation sites (tertiary alicyclic amines) is 1. The van der Waals surface area contributed by atoms with Crippen LogP contribution in [0.2, 0.25) is 0 Å². The van der Waals surface area contributed by atoms with E-state index in [4.69, 9.17) is 0 Å². The molecule has 0 saturated carbocycles. The summed E-state index contributed by atoms with van der Waals surface area (Å²) in [4.78, 5) is 18.6. The van der Waals surface area contributed by atoms with E-state index in [0.29, 0.717) is 5.75 Å². The van der Waals surface area contributed by atoms with Crippen LogP contribution in [0.25, 0.3) is 17.1 Å². The number of amides is 1. The zero-order valence-electron chi connectivity index (χ0n) is 15.0. The molecule has 7 heteroatoms. The van der Waals surface area contributed by atoms with Crippen molar-refractivity contribution in [1.29, 1.82) is 0 Å². The summed E-state index contributed by atoms with van der Waals surface area (Å²) in [6.45, 7) is 1.74. The Morgan fingerprint density at radius 2 is 1.70 bits per heavy atom. The van der Waals surface area contributed by atoms with Gasteiger partial charge in [0.05, 0.1) is 5.75 Å². The van der Waals surface area contributed by atoms with E-state index < -0.39 is 0 Å². The number of carbonyl (C=O) groups is 1. The summed E-state index contributed by atoms with van der Waals surface area (Å²) in [5.41, 5.74) is 1.91. The number of hydrogen-bond donors (Lipinski definition) is 0. The Bertz CT molecular complexity index is 891. The highest BCUT2D eigenvalue weighted by molar-refractivity contribution is 7.99. The van der Waals surface area contributed by atoms with Gasteiger partial charge in [-0.15, -0.1) is 10.2 Å². The molecule has 1 aromatic carbocycles. The van der Waals surface area contributed by atoms with Crippen molar-refractivity contribution in [2.75, 3.05) is 18.8 Å². The molecule has 0 N–H and O–H groups in total. The van der Waals surface area contributed by atoms with E-state index in [1.165, 1.54) is 18.2 Å². The summed E-state index contributed by atoms with van der Waals surface area (Å²) in [7, 11) is 0. The van der Waals surface area contributed by atoms with Crippen molar-refractivity contribution >= 4 is 17.7 Å². The molecule has 27 heavy (non-hydrogen) atoms. The minimum atomic E-state index is 0.174. The number of benzene rings is 1. The van der Waals surface area contributed by atoms with E-state index in [0.717, 1.165) is 48.2 Å². The van der Waals surface area contributed by atoms with Crippen LogP contribution in [0, 0.1) is 0 Å². The fourth-order valence-electron chi connectivity index (χ4n) is 3.22. The van der Waals surface area contributed by atoms with Crippen LogP contribution in [0.5, 0.6) is 0 Å². The molecule has 0 atom stereocenters. The van der Waals surface area contributed by atoms with Crippen LogP contribution in [0.3, 0.4) is 0 Å². The molecular weight excluding hydrogens is 358 g/mol. The van der Waals surface area contributed by atoms with Crippen LogP contribution in [0.1, 0.15) is 19.3 Å². The Balaban J connectivity index is 1.61. The van der Waals surface area contributed by atoms with Crippen molar-refractivity contribution in [3.8, 4) is 17.1 Å². The van der Waals surface area contributed by atoms with Crippen LogP contribution in [0.4, 0.5) is 0 Å². The molecule has 1 aliphatic rings. The van der Waals surface area contributed by atoms with E-state index in [1.54, 1.807) is 12.4 Å². The minimum Gasteiger partial charge on any atom is -0.342 e. The molecule has 1 saturated heterocycles. The largest absolute Gasteiger partial charge is 0.342 e. The summed E-state index contributed by atoms with van der Waals surface area (Å²) >= 11 is 1.44. The topological polar surface area (TPSA) is 63.9 Å². The zero-order valence-corrected chi connectivity index (χ0v) is 15.8. The van der Waals surface area contributed by atoms with Crippen molar-refractivity contribution in [2.45, 2.75) is 24.4 Å². The van der Waals surface area contributed by atoms with Crippen LogP contribution >= 0.6 is 11.8 Å². The SMILES string of the molecule is O=C(CSc1nnc(-c2ccncc2)n1-c1ccccc1)N1CCCCC1. The maximum atomic E-state index is 12.5. The quantitative estimate of drug-likeness (QED) is 0.636. The lowest BCUT2D eigenvalue weighted by Gasteiger charge is -2.26. The molecule has 6 nitrogen and oxygen atoms in total. The Morgan fingerprint density at radius 1 is 0.963 bits per heavy atom. The van der Waals surface area contributed by atoms with E-state index >= 15 is 0 Å². The number of aromatic nitrogens is 4. The van der Waals surface area contributed by atoms with Crippen molar-refractivity contribution in [2.24, 2.45) is 0 Å². The molecule has 3 aromatic rings. The van der Waals surface area contributed by atoms with Gasteiger partial charge in [0.25, 0.3) is 0 Å². The highest BCUT2D eigenvalue weighted by Crippen LogP contribution is 2.28. The molecule has 3 heterocycles. The van der Waals surface area contributed by atoms with Gasteiger partial charge in [-0.2, -0.15) is 0 Å². The molecule has 2 aromatic heterocycles. The van der Waals surface area contributed by atoms with Crippen LogP contribution < -0.4 is 0 Å². The van der Waals surface area contributed by atoms with Gasteiger partial charge in [-0.25, -0.2) is 0 Å². The van der Waals surface area contributed by atoms with Gasteiger partial charge < -0.3 is 4.90 Å². The highest BCUT2D eigenvalue weighted by Gasteiger charge is 2.20. The first kappa shape index (κ1) is 17.7. The van der Waals surface area contributed by atoms with Crippen LogP contribution in [0.15, 0.2) is 60.0 Å². The number of para-hydroxylation sites is 1. The Kier molecular flexibility index (Phi) is 5.48. The van der Waals surface area contributed by atoms with Gasteiger partial charge in [0.15, 0.2) is 11.0 Å². The number of rotatable bonds is 5. The second kappa shape index (κ2) is 8.35. The van der Waals surface area contributed by atoms with Crippen molar-refractivity contribution in [3.05, 3.63) is 54.9 Å². The van der Waals surface area contributed by atoms with Crippen molar-refractivity contribution < 1.29 is 4.79 Å². The molecule has 1 aliphatic heterocycles. The van der Waals surface area contributed by atoms with Gasteiger partial charge in [0, 0.05) is 36.7 Å².